The third kappa shape index (κ3) is 6.89. The molecule has 0 spiro atoms. The van der Waals surface area contributed by atoms with E-state index < -0.39 is 12.1 Å². The molecule has 126 valence electrons. The van der Waals surface area contributed by atoms with E-state index in [0.29, 0.717) is 5.75 Å². The van der Waals surface area contributed by atoms with Gasteiger partial charge in [-0.05, 0) is 53.8 Å². The van der Waals surface area contributed by atoms with E-state index in [1.165, 1.54) is 15.9 Å². The molecule has 0 saturated heterocycles. The Labute approximate surface area is 149 Å². The van der Waals surface area contributed by atoms with Gasteiger partial charge in [0.25, 0.3) is 0 Å². The fourth-order valence-electron chi connectivity index (χ4n) is 1.74. The fraction of sp³-hybridized carbons (Fsp3) is 0.375. The first-order chi connectivity index (χ1) is 10.8. The molecule has 0 saturated carbocycles. The summed E-state index contributed by atoms with van der Waals surface area (Å²) in [4.78, 5) is 25.5. The molecule has 1 N–H and O–H groups in total. The van der Waals surface area contributed by atoms with Gasteiger partial charge in [0.1, 0.15) is 12.4 Å². The molecule has 23 heavy (non-hydrogen) atoms. The van der Waals surface area contributed by atoms with Crippen molar-refractivity contribution >= 4 is 34.6 Å². The van der Waals surface area contributed by atoms with Gasteiger partial charge in [0.05, 0.1) is 12.6 Å². The first-order valence-corrected chi connectivity index (χ1v) is 8.16. The number of amides is 2. The van der Waals surface area contributed by atoms with Gasteiger partial charge in [0.15, 0.2) is 0 Å². The molecule has 7 heteroatoms. The average molecular weight is 432 g/mol. The molecular weight excluding hydrogens is 411 g/mol. The van der Waals surface area contributed by atoms with Crippen LogP contribution < -0.4 is 4.74 Å². The molecule has 0 heterocycles. The summed E-state index contributed by atoms with van der Waals surface area (Å²) in [6, 6.07) is 7.10. The molecule has 1 atom stereocenters. The standard InChI is InChI=1S/C16H21IN2O4/c1-12(4-9-15(20)18(2)3)19(16(21)22)10-11-23-14-7-5-13(17)6-8-14/h4-9,12H,10-11H2,1-3H3,(H,21,22). The quantitative estimate of drug-likeness (QED) is 0.532. The number of benzene rings is 1. The zero-order valence-corrected chi connectivity index (χ0v) is 15.6. The Morgan fingerprint density at radius 2 is 1.91 bits per heavy atom. The third-order valence-corrected chi connectivity index (χ3v) is 3.83. The van der Waals surface area contributed by atoms with Gasteiger partial charge in [0, 0.05) is 23.7 Å². The van der Waals surface area contributed by atoms with Crippen LogP contribution in [0.25, 0.3) is 0 Å². The van der Waals surface area contributed by atoms with E-state index in [1.807, 2.05) is 24.3 Å². The second kappa shape index (κ2) is 9.39. The first kappa shape index (κ1) is 19.3. The van der Waals surface area contributed by atoms with Crippen molar-refractivity contribution in [1.29, 1.82) is 0 Å². The van der Waals surface area contributed by atoms with Crippen LogP contribution in [0, 0.1) is 3.57 Å². The lowest BCUT2D eigenvalue weighted by molar-refractivity contribution is -0.123. The van der Waals surface area contributed by atoms with Gasteiger partial charge in [0.2, 0.25) is 5.91 Å². The van der Waals surface area contributed by atoms with Crippen molar-refractivity contribution in [3.8, 4) is 5.75 Å². The molecular formula is C16H21IN2O4. The molecule has 0 bridgehead atoms. The highest BCUT2D eigenvalue weighted by Crippen LogP contribution is 2.13. The van der Waals surface area contributed by atoms with Gasteiger partial charge in [-0.1, -0.05) is 6.08 Å². The van der Waals surface area contributed by atoms with Crippen molar-refractivity contribution in [2.45, 2.75) is 13.0 Å². The van der Waals surface area contributed by atoms with Crippen LogP contribution in [0.2, 0.25) is 0 Å². The lowest BCUT2D eigenvalue weighted by Gasteiger charge is -2.24. The van der Waals surface area contributed by atoms with Gasteiger partial charge >= 0.3 is 6.09 Å². The number of rotatable bonds is 7. The Morgan fingerprint density at radius 1 is 1.30 bits per heavy atom. The van der Waals surface area contributed by atoms with Crippen LogP contribution in [0.4, 0.5) is 4.79 Å². The summed E-state index contributed by atoms with van der Waals surface area (Å²) < 4.78 is 6.65. The van der Waals surface area contributed by atoms with Gasteiger partial charge in [-0.3, -0.25) is 9.69 Å². The Bertz CT molecular complexity index is 558. The van der Waals surface area contributed by atoms with E-state index >= 15 is 0 Å². The predicted octanol–water partition coefficient (Wildman–Crippen LogP) is 2.68. The van der Waals surface area contributed by atoms with Crippen LogP contribution in [0.5, 0.6) is 5.75 Å². The number of halogens is 1. The lowest BCUT2D eigenvalue weighted by Crippen LogP contribution is -2.39. The average Bonchev–Trinajstić information content (AvgIpc) is 2.50. The number of nitrogens with zero attached hydrogens (tertiary/aromatic N) is 2. The van der Waals surface area contributed by atoms with E-state index in [4.69, 9.17) is 4.74 Å². The molecule has 1 aromatic rings. The molecule has 0 aliphatic carbocycles. The third-order valence-electron chi connectivity index (χ3n) is 3.11. The van der Waals surface area contributed by atoms with Crippen molar-refractivity contribution in [2.24, 2.45) is 0 Å². The highest BCUT2D eigenvalue weighted by Gasteiger charge is 2.17. The second-order valence-electron chi connectivity index (χ2n) is 5.11. The minimum absolute atomic E-state index is 0.183. The molecule has 0 radical (unpaired) electrons. The number of carboxylic acid groups (broad SMARTS) is 1. The molecule has 1 unspecified atom stereocenters. The Hall–Kier alpha value is -1.77. The van der Waals surface area contributed by atoms with E-state index in [0.717, 1.165) is 3.57 Å². The summed E-state index contributed by atoms with van der Waals surface area (Å²) >= 11 is 2.20. The Morgan fingerprint density at radius 3 is 2.43 bits per heavy atom. The molecule has 1 rings (SSSR count). The van der Waals surface area contributed by atoms with Crippen molar-refractivity contribution in [2.75, 3.05) is 27.2 Å². The number of carbonyl (C=O) groups excluding carboxylic acids is 1. The van der Waals surface area contributed by atoms with Crippen molar-refractivity contribution < 1.29 is 19.4 Å². The summed E-state index contributed by atoms with van der Waals surface area (Å²) in [6.07, 6.45) is 1.90. The lowest BCUT2D eigenvalue weighted by atomic mass is 10.2. The van der Waals surface area contributed by atoms with Crippen LogP contribution in [0.15, 0.2) is 36.4 Å². The summed E-state index contributed by atoms with van der Waals surface area (Å²) in [6.45, 7) is 2.17. The van der Waals surface area contributed by atoms with Crippen LogP contribution in [-0.4, -0.2) is 60.2 Å². The minimum atomic E-state index is -1.05. The summed E-state index contributed by atoms with van der Waals surface area (Å²) in [5.74, 6) is 0.513. The Balaban J connectivity index is 2.56. The summed E-state index contributed by atoms with van der Waals surface area (Å²) in [7, 11) is 3.28. The largest absolute Gasteiger partial charge is 0.492 e. The number of likely N-dealkylation sites (N-methyl/N-ethyl adjacent to an activating group) is 1. The van der Waals surface area contributed by atoms with Crippen molar-refractivity contribution in [3.05, 3.63) is 40.0 Å². The van der Waals surface area contributed by atoms with Gasteiger partial charge in [-0.15, -0.1) is 0 Å². The van der Waals surface area contributed by atoms with Crippen LogP contribution in [-0.2, 0) is 4.79 Å². The summed E-state index contributed by atoms with van der Waals surface area (Å²) in [5.41, 5.74) is 0. The monoisotopic (exact) mass is 432 g/mol. The second-order valence-corrected chi connectivity index (χ2v) is 6.36. The molecule has 0 fully saturated rings. The Kier molecular flexibility index (Phi) is 7.87. The topological polar surface area (TPSA) is 70.1 Å². The predicted molar refractivity (Wildman–Crippen MR) is 96.7 cm³/mol. The fourth-order valence-corrected chi connectivity index (χ4v) is 2.10. The van der Waals surface area contributed by atoms with Crippen molar-refractivity contribution in [3.63, 3.8) is 0 Å². The number of carbonyl (C=O) groups is 2. The summed E-state index contributed by atoms with van der Waals surface area (Å²) in [5, 5.41) is 9.29. The molecule has 1 aromatic carbocycles. The number of ether oxygens (including phenoxy) is 1. The van der Waals surface area contributed by atoms with Gasteiger partial charge < -0.3 is 14.7 Å². The zero-order valence-electron chi connectivity index (χ0n) is 13.4. The zero-order chi connectivity index (χ0) is 17.4. The minimum Gasteiger partial charge on any atom is -0.492 e. The molecule has 0 aliphatic heterocycles. The van der Waals surface area contributed by atoms with Gasteiger partial charge in [-0.25, -0.2) is 4.79 Å². The van der Waals surface area contributed by atoms with Crippen LogP contribution in [0.1, 0.15) is 6.92 Å². The number of hydrogen-bond acceptors (Lipinski definition) is 3. The molecule has 0 aromatic heterocycles. The van der Waals surface area contributed by atoms with E-state index in [1.54, 1.807) is 27.1 Å². The number of hydrogen-bond donors (Lipinski definition) is 1. The highest BCUT2D eigenvalue weighted by molar-refractivity contribution is 14.1. The smallest absolute Gasteiger partial charge is 0.407 e. The van der Waals surface area contributed by atoms with E-state index in [9.17, 15) is 14.7 Å². The SMILES string of the molecule is CC(C=CC(=O)N(C)C)N(CCOc1ccc(I)cc1)C(=O)O. The van der Waals surface area contributed by atoms with Gasteiger partial charge in [-0.2, -0.15) is 0 Å². The van der Waals surface area contributed by atoms with Crippen LogP contribution in [0.3, 0.4) is 0 Å². The molecule has 2 amide bonds. The molecule has 6 nitrogen and oxygen atoms in total. The highest BCUT2D eigenvalue weighted by atomic mass is 127. The maximum absolute atomic E-state index is 11.5. The van der Waals surface area contributed by atoms with E-state index in [2.05, 4.69) is 22.6 Å². The molecule has 0 aliphatic rings. The first-order valence-electron chi connectivity index (χ1n) is 7.08. The van der Waals surface area contributed by atoms with E-state index in [-0.39, 0.29) is 19.1 Å². The van der Waals surface area contributed by atoms with Crippen LogP contribution >= 0.6 is 22.6 Å². The maximum atomic E-state index is 11.5. The van der Waals surface area contributed by atoms with Crippen molar-refractivity contribution in [1.82, 2.24) is 9.80 Å². The maximum Gasteiger partial charge on any atom is 0.407 e. The normalized spacial score (nSPS) is 12.0.